The first kappa shape index (κ1) is 28.6. The maximum Gasteiger partial charge on any atom is 0.326 e. The van der Waals surface area contributed by atoms with Crippen molar-refractivity contribution >= 4 is 35.6 Å². The SMILES string of the molecule is CC(C)[C@H](NC(=O)CN)C(=O)N[C@@H](CCCN=C(N)N)C(=O)NCC(=O)N1CCC[C@H]1C(=O)O. The number of hydrogen-bond acceptors (Lipinski definition) is 7. The molecule has 1 fully saturated rings. The van der Waals surface area contributed by atoms with Crippen LogP contribution in [0.5, 0.6) is 0 Å². The lowest BCUT2D eigenvalue weighted by atomic mass is 10.0. The molecule has 3 atom stereocenters. The van der Waals surface area contributed by atoms with E-state index < -0.39 is 54.3 Å². The zero-order valence-electron chi connectivity index (χ0n) is 19.6. The minimum Gasteiger partial charge on any atom is -0.480 e. The second-order valence-electron chi connectivity index (χ2n) is 8.30. The number of carbonyl (C=O) groups is 5. The summed E-state index contributed by atoms with van der Waals surface area (Å²) in [6.07, 6.45) is 1.41. The topological polar surface area (TPSA) is 235 Å². The fraction of sp³-hybridized carbons (Fsp3) is 0.700. The van der Waals surface area contributed by atoms with Crippen molar-refractivity contribution in [3.8, 4) is 0 Å². The van der Waals surface area contributed by atoms with E-state index in [4.69, 9.17) is 17.2 Å². The van der Waals surface area contributed by atoms with Gasteiger partial charge < -0.3 is 43.2 Å². The standard InChI is InChI=1S/C20H36N8O6/c1-11(2)16(27-14(29)9-21)18(32)26-12(5-3-7-24-20(22)23)17(31)25-10-15(30)28-8-4-6-13(28)19(33)34/h11-13,16H,3-10,21H2,1-2H3,(H,25,31)(H,26,32)(H,27,29)(H,33,34)(H4,22,23,24)/t12-,13-,16-/m0/s1. The van der Waals surface area contributed by atoms with Gasteiger partial charge in [0.15, 0.2) is 5.96 Å². The Labute approximate surface area is 198 Å². The van der Waals surface area contributed by atoms with Crippen LogP contribution in [0, 0.1) is 5.92 Å². The second kappa shape index (κ2) is 14.0. The number of nitrogens with one attached hydrogen (secondary N) is 3. The van der Waals surface area contributed by atoms with Gasteiger partial charge in [-0.1, -0.05) is 13.8 Å². The quantitative estimate of drug-likeness (QED) is 0.0791. The molecule has 1 aliphatic rings. The van der Waals surface area contributed by atoms with Gasteiger partial charge in [0.05, 0.1) is 13.1 Å². The third-order valence-electron chi connectivity index (χ3n) is 5.30. The molecule has 1 saturated heterocycles. The molecule has 4 amide bonds. The first-order valence-electron chi connectivity index (χ1n) is 11.1. The Kier molecular flexibility index (Phi) is 11.8. The minimum absolute atomic E-state index is 0.112. The third-order valence-corrected chi connectivity index (χ3v) is 5.30. The van der Waals surface area contributed by atoms with Gasteiger partial charge in [0, 0.05) is 13.1 Å². The molecule has 0 radical (unpaired) electrons. The molecular formula is C20H36N8O6. The van der Waals surface area contributed by atoms with Gasteiger partial charge in [-0.3, -0.25) is 24.2 Å². The van der Waals surface area contributed by atoms with Crippen LogP contribution in [0.3, 0.4) is 0 Å². The van der Waals surface area contributed by atoms with E-state index >= 15 is 0 Å². The molecule has 1 heterocycles. The molecule has 0 aromatic carbocycles. The van der Waals surface area contributed by atoms with Crippen molar-refractivity contribution in [2.24, 2.45) is 28.1 Å². The van der Waals surface area contributed by atoms with Crippen molar-refractivity contribution in [2.75, 3.05) is 26.2 Å². The summed E-state index contributed by atoms with van der Waals surface area (Å²) in [5.41, 5.74) is 15.9. The summed E-state index contributed by atoms with van der Waals surface area (Å²) in [7, 11) is 0. The molecule has 192 valence electrons. The van der Waals surface area contributed by atoms with Gasteiger partial charge >= 0.3 is 5.97 Å². The van der Waals surface area contributed by atoms with Gasteiger partial charge in [-0.2, -0.15) is 0 Å². The highest BCUT2D eigenvalue weighted by atomic mass is 16.4. The van der Waals surface area contributed by atoms with E-state index in [0.717, 1.165) is 0 Å². The summed E-state index contributed by atoms with van der Waals surface area (Å²) in [6, 6.07) is -2.89. The lowest BCUT2D eigenvalue weighted by Gasteiger charge is -2.26. The Morgan fingerprint density at radius 2 is 1.79 bits per heavy atom. The van der Waals surface area contributed by atoms with E-state index in [2.05, 4.69) is 20.9 Å². The van der Waals surface area contributed by atoms with Crippen molar-refractivity contribution in [2.45, 2.75) is 57.7 Å². The molecular weight excluding hydrogens is 448 g/mol. The third kappa shape index (κ3) is 9.21. The van der Waals surface area contributed by atoms with Crippen molar-refractivity contribution in [1.29, 1.82) is 0 Å². The lowest BCUT2D eigenvalue weighted by molar-refractivity contribution is -0.148. The Morgan fingerprint density at radius 3 is 2.35 bits per heavy atom. The Hall–Kier alpha value is -3.42. The second-order valence-corrected chi connectivity index (χ2v) is 8.30. The van der Waals surface area contributed by atoms with Crippen molar-refractivity contribution in [1.82, 2.24) is 20.9 Å². The van der Waals surface area contributed by atoms with Crippen LogP contribution in [0.4, 0.5) is 0 Å². The Bertz CT molecular complexity index is 783. The van der Waals surface area contributed by atoms with Gasteiger partial charge in [-0.25, -0.2) is 4.79 Å². The highest BCUT2D eigenvalue weighted by Crippen LogP contribution is 2.17. The number of amides is 4. The highest BCUT2D eigenvalue weighted by molar-refractivity contribution is 5.94. The maximum atomic E-state index is 12.8. The molecule has 0 bridgehead atoms. The van der Waals surface area contributed by atoms with Crippen LogP contribution < -0.4 is 33.2 Å². The summed E-state index contributed by atoms with van der Waals surface area (Å²) < 4.78 is 0. The molecule has 0 aromatic rings. The molecule has 0 unspecified atom stereocenters. The summed E-state index contributed by atoms with van der Waals surface area (Å²) in [5, 5.41) is 16.8. The van der Waals surface area contributed by atoms with Crippen LogP contribution in [0.2, 0.25) is 0 Å². The summed E-state index contributed by atoms with van der Waals surface area (Å²) >= 11 is 0. The smallest absolute Gasteiger partial charge is 0.326 e. The van der Waals surface area contributed by atoms with Gasteiger partial charge in [-0.15, -0.1) is 0 Å². The molecule has 0 spiro atoms. The number of likely N-dealkylation sites (tertiary alicyclic amines) is 1. The van der Waals surface area contributed by atoms with E-state index in [1.807, 2.05) is 0 Å². The first-order valence-corrected chi connectivity index (χ1v) is 11.1. The van der Waals surface area contributed by atoms with Crippen LogP contribution in [0.25, 0.3) is 0 Å². The molecule has 0 aliphatic carbocycles. The largest absolute Gasteiger partial charge is 0.480 e. The molecule has 1 aliphatic heterocycles. The average Bonchev–Trinajstić information content (AvgIpc) is 3.27. The van der Waals surface area contributed by atoms with E-state index in [1.54, 1.807) is 13.8 Å². The van der Waals surface area contributed by atoms with Crippen LogP contribution in [0.1, 0.15) is 39.5 Å². The highest BCUT2D eigenvalue weighted by Gasteiger charge is 2.34. The summed E-state index contributed by atoms with van der Waals surface area (Å²) in [6.45, 7) is 3.24. The van der Waals surface area contributed by atoms with Gasteiger partial charge in [-0.05, 0) is 31.6 Å². The fourth-order valence-corrected chi connectivity index (χ4v) is 3.51. The Morgan fingerprint density at radius 1 is 1.12 bits per heavy atom. The van der Waals surface area contributed by atoms with Crippen LogP contribution in [-0.2, 0) is 24.0 Å². The van der Waals surface area contributed by atoms with Gasteiger partial charge in [0.2, 0.25) is 23.6 Å². The van der Waals surface area contributed by atoms with Crippen molar-refractivity contribution in [3.63, 3.8) is 0 Å². The number of aliphatic carboxylic acids is 1. The average molecular weight is 485 g/mol. The number of aliphatic imine (C=N–C) groups is 1. The number of hydrogen-bond donors (Lipinski definition) is 7. The number of nitrogens with zero attached hydrogens (tertiary/aromatic N) is 2. The molecule has 0 saturated carbocycles. The molecule has 0 aromatic heterocycles. The molecule has 14 heteroatoms. The van der Waals surface area contributed by atoms with Gasteiger partial charge in [0.1, 0.15) is 18.1 Å². The lowest BCUT2D eigenvalue weighted by Crippen LogP contribution is -2.56. The summed E-state index contributed by atoms with van der Waals surface area (Å²) in [5.74, 6) is -3.77. The minimum atomic E-state index is -1.10. The number of carbonyl (C=O) groups excluding carboxylic acids is 4. The number of guanidine groups is 1. The predicted molar refractivity (Wildman–Crippen MR) is 123 cm³/mol. The van der Waals surface area contributed by atoms with Crippen LogP contribution >= 0.6 is 0 Å². The number of carboxylic acids is 1. The predicted octanol–water partition coefficient (Wildman–Crippen LogP) is -3.18. The Balaban J connectivity index is 2.84. The van der Waals surface area contributed by atoms with E-state index in [1.165, 1.54) is 4.90 Å². The van der Waals surface area contributed by atoms with E-state index in [0.29, 0.717) is 25.8 Å². The molecule has 34 heavy (non-hydrogen) atoms. The van der Waals surface area contributed by atoms with Gasteiger partial charge in [0.25, 0.3) is 0 Å². The maximum absolute atomic E-state index is 12.8. The molecule has 10 N–H and O–H groups in total. The van der Waals surface area contributed by atoms with E-state index in [-0.39, 0.29) is 31.4 Å². The van der Waals surface area contributed by atoms with Crippen molar-refractivity contribution < 1.29 is 29.1 Å². The first-order chi connectivity index (χ1) is 16.0. The monoisotopic (exact) mass is 484 g/mol. The summed E-state index contributed by atoms with van der Waals surface area (Å²) in [4.78, 5) is 66.1. The fourth-order valence-electron chi connectivity index (χ4n) is 3.51. The molecule has 1 rings (SSSR count). The van der Waals surface area contributed by atoms with Crippen LogP contribution in [-0.4, -0.2) is 89.9 Å². The zero-order chi connectivity index (χ0) is 25.8. The number of carboxylic acid groups (broad SMARTS) is 1. The van der Waals surface area contributed by atoms with Crippen LogP contribution in [0.15, 0.2) is 4.99 Å². The van der Waals surface area contributed by atoms with E-state index in [9.17, 15) is 29.1 Å². The normalized spacial score (nSPS) is 16.9. The van der Waals surface area contributed by atoms with Crippen molar-refractivity contribution in [3.05, 3.63) is 0 Å². The number of nitrogens with two attached hydrogens (primary N) is 3. The zero-order valence-corrected chi connectivity index (χ0v) is 19.6. The molecule has 14 nitrogen and oxygen atoms in total. The number of rotatable bonds is 13.